The molecule has 0 aliphatic heterocycles. The molecule has 0 saturated heterocycles. The Bertz CT molecular complexity index is 442. The molecular weight excluding hydrogens is 226 g/mol. The molecule has 1 aromatic heterocycles. The zero-order chi connectivity index (χ0) is 13.2. The Morgan fingerprint density at radius 2 is 2.28 bits per heavy atom. The van der Waals surface area contributed by atoms with Gasteiger partial charge in [-0.2, -0.15) is 0 Å². The van der Waals surface area contributed by atoms with Gasteiger partial charge in [-0.05, 0) is 24.3 Å². The molecule has 1 aromatic rings. The minimum atomic E-state index is -0.0123. The number of hydrogen-bond acceptors (Lipinski definition) is 3. The van der Waals surface area contributed by atoms with Crippen LogP contribution >= 0.6 is 0 Å². The highest BCUT2D eigenvalue weighted by molar-refractivity contribution is 5.99. The normalized spacial score (nSPS) is 21.6. The molecule has 18 heavy (non-hydrogen) atoms. The first-order valence-corrected chi connectivity index (χ1v) is 6.47. The van der Waals surface area contributed by atoms with Gasteiger partial charge in [0.05, 0.1) is 17.4 Å². The van der Waals surface area contributed by atoms with Crippen LogP contribution in [0.1, 0.15) is 43.5 Å². The van der Waals surface area contributed by atoms with Crippen LogP contribution in [0.15, 0.2) is 18.5 Å². The Kier molecular flexibility index (Phi) is 3.55. The van der Waals surface area contributed by atoms with E-state index < -0.39 is 0 Å². The molecule has 2 N–H and O–H groups in total. The van der Waals surface area contributed by atoms with E-state index >= 15 is 0 Å². The summed E-state index contributed by atoms with van der Waals surface area (Å²) < 4.78 is 0. The van der Waals surface area contributed by atoms with Gasteiger partial charge >= 0.3 is 0 Å². The van der Waals surface area contributed by atoms with Gasteiger partial charge in [0.2, 0.25) is 0 Å². The number of nitrogens with zero attached hydrogens (tertiary/aromatic N) is 1. The van der Waals surface area contributed by atoms with Crippen LogP contribution in [-0.4, -0.2) is 24.0 Å². The lowest BCUT2D eigenvalue weighted by Crippen LogP contribution is -2.41. The van der Waals surface area contributed by atoms with Crippen LogP contribution in [0, 0.1) is 5.41 Å². The summed E-state index contributed by atoms with van der Waals surface area (Å²) in [5, 5.41) is 6.15. The smallest absolute Gasteiger partial charge is 0.253 e. The molecule has 1 atom stereocenters. The lowest BCUT2D eigenvalue weighted by Gasteiger charge is -2.28. The highest BCUT2D eigenvalue weighted by atomic mass is 16.1. The Morgan fingerprint density at radius 3 is 2.89 bits per heavy atom. The molecule has 1 amide bonds. The van der Waals surface area contributed by atoms with Gasteiger partial charge < -0.3 is 10.6 Å². The average Bonchev–Trinajstić information content (AvgIpc) is 2.68. The molecule has 1 heterocycles. The van der Waals surface area contributed by atoms with Crippen LogP contribution in [0.25, 0.3) is 0 Å². The maximum Gasteiger partial charge on any atom is 0.253 e. The van der Waals surface area contributed by atoms with Crippen molar-refractivity contribution >= 4 is 11.6 Å². The fourth-order valence-electron chi connectivity index (χ4n) is 2.62. The van der Waals surface area contributed by atoms with E-state index in [1.165, 1.54) is 12.8 Å². The molecule has 98 valence electrons. The molecule has 0 bridgehead atoms. The van der Waals surface area contributed by atoms with Crippen molar-refractivity contribution in [2.75, 3.05) is 12.4 Å². The van der Waals surface area contributed by atoms with Gasteiger partial charge in [0.15, 0.2) is 0 Å². The third kappa shape index (κ3) is 2.47. The predicted octanol–water partition coefficient (Wildman–Crippen LogP) is 2.43. The summed E-state index contributed by atoms with van der Waals surface area (Å²) in [4.78, 5) is 16.3. The Balaban J connectivity index is 2.13. The SMILES string of the molecule is CNc1cnccc1C(=O)NC1CCCC1(C)C. The minimum absolute atomic E-state index is 0.0123. The quantitative estimate of drug-likeness (QED) is 0.862. The zero-order valence-electron chi connectivity index (χ0n) is 11.3. The maximum absolute atomic E-state index is 12.3. The number of carbonyl (C=O) groups is 1. The van der Waals surface area contributed by atoms with Crippen LogP contribution in [0.5, 0.6) is 0 Å². The van der Waals surface area contributed by atoms with Gasteiger partial charge in [-0.25, -0.2) is 0 Å². The van der Waals surface area contributed by atoms with Crippen molar-refractivity contribution in [2.45, 2.75) is 39.2 Å². The van der Waals surface area contributed by atoms with Gasteiger partial charge in [0.1, 0.15) is 0 Å². The molecule has 4 heteroatoms. The second-order valence-electron chi connectivity index (χ2n) is 5.58. The van der Waals surface area contributed by atoms with Gasteiger partial charge in [-0.15, -0.1) is 0 Å². The molecule has 1 aliphatic carbocycles. The molecule has 0 radical (unpaired) electrons. The van der Waals surface area contributed by atoms with Crippen LogP contribution < -0.4 is 10.6 Å². The van der Waals surface area contributed by atoms with Crippen molar-refractivity contribution in [2.24, 2.45) is 5.41 Å². The Hall–Kier alpha value is -1.58. The number of amides is 1. The van der Waals surface area contributed by atoms with Crippen molar-refractivity contribution in [3.63, 3.8) is 0 Å². The van der Waals surface area contributed by atoms with Gasteiger partial charge in [-0.3, -0.25) is 9.78 Å². The lowest BCUT2D eigenvalue weighted by atomic mass is 9.87. The summed E-state index contributed by atoms with van der Waals surface area (Å²) in [6, 6.07) is 2.02. The molecule has 2 rings (SSSR count). The number of hydrogen-bond donors (Lipinski definition) is 2. The second kappa shape index (κ2) is 4.96. The summed E-state index contributed by atoms with van der Waals surface area (Å²) in [7, 11) is 1.80. The molecule has 0 aromatic carbocycles. The largest absolute Gasteiger partial charge is 0.386 e. The monoisotopic (exact) mass is 247 g/mol. The number of rotatable bonds is 3. The zero-order valence-corrected chi connectivity index (χ0v) is 11.3. The van der Waals surface area contributed by atoms with Crippen LogP contribution in [0.2, 0.25) is 0 Å². The summed E-state index contributed by atoms with van der Waals surface area (Å²) >= 11 is 0. The maximum atomic E-state index is 12.3. The number of pyridine rings is 1. The van der Waals surface area contributed by atoms with Crippen LogP contribution in [-0.2, 0) is 0 Å². The molecule has 1 unspecified atom stereocenters. The van der Waals surface area contributed by atoms with E-state index in [9.17, 15) is 4.79 Å². The fraction of sp³-hybridized carbons (Fsp3) is 0.571. The summed E-state index contributed by atoms with van der Waals surface area (Å²) in [5.41, 5.74) is 1.63. The number of nitrogens with one attached hydrogen (secondary N) is 2. The van der Waals surface area contributed by atoms with Gasteiger partial charge in [0.25, 0.3) is 5.91 Å². The third-order valence-electron chi connectivity index (χ3n) is 3.90. The average molecular weight is 247 g/mol. The summed E-state index contributed by atoms with van der Waals surface area (Å²) in [6.07, 6.45) is 6.75. The molecule has 1 aliphatic rings. The fourth-order valence-corrected chi connectivity index (χ4v) is 2.62. The molecule has 1 fully saturated rings. The van der Waals surface area contributed by atoms with E-state index in [2.05, 4.69) is 29.5 Å². The lowest BCUT2D eigenvalue weighted by molar-refractivity contribution is 0.0910. The molecular formula is C14H21N3O. The van der Waals surface area contributed by atoms with Crippen molar-refractivity contribution in [1.82, 2.24) is 10.3 Å². The first kappa shape index (κ1) is 12.9. The van der Waals surface area contributed by atoms with E-state index in [0.29, 0.717) is 5.56 Å². The van der Waals surface area contributed by atoms with Crippen molar-refractivity contribution < 1.29 is 4.79 Å². The highest BCUT2D eigenvalue weighted by Gasteiger charge is 2.35. The summed E-state index contributed by atoms with van der Waals surface area (Å²) in [6.45, 7) is 4.44. The summed E-state index contributed by atoms with van der Waals surface area (Å²) in [5.74, 6) is -0.0123. The first-order valence-electron chi connectivity index (χ1n) is 6.47. The highest BCUT2D eigenvalue weighted by Crippen LogP contribution is 2.37. The van der Waals surface area contributed by atoms with Crippen molar-refractivity contribution in [1.29, 1.82) is 0 Å². The van der Waals surface area contributed by atoms with E-state index in [4.69, 9.17) is 0 Å². The Labute approximate surface area is 108 Å². The number of aromatic nitrogens is 1. The van der Waals surface area contributed by atoms with Gasteiger partial charge in [-0.1, -0.05) is 20.3 Å². The van der Waals surface area contributed by atoms with E-state index in [1.54, 1.807) is 25.5 Å². The predicted molar refractivity (Wildman–Crippen MR) is 72.7 cm³/mol. The van der Waals surface area contributed by atoms with Crippen LogP contribution in [0.3, 0.4) is 0 Å². The molecule has 4 nitrogen and oxygen atoms in total. The van der Waals surface area contributed by atoms with E-state index in [0.717, 1.165) is 12.1 Å². The number of anilines is 1. The van der Waals surface area contributed by atoms with Crippen molar-refractivity contribution in [3.8, 4) is 0 Å². The molecule has 0 spiro atoms. The van der Waals surface area contributed by atoms with E-state index in [-0.39, 0.29) is 17.4 Å². The Morgan fingerprint density at radius 1 is 1.50 bits per heavy atom. The third-order valence-corrected chi connectivity index (χ3v) is 3.90. The van der Waals surface area contributed by atoms with Crippen molar-refractivity contribution in [3.05, 3.63) is 24.0 Å². The van der Waals surface area contributed by atoms with Gasteiger partial charge in [0, 0.05) is 19.3 Å². The van der Waals surface area contributed by atoms with E-state index in [1.807, 2.05) is 0 Å². The molecule has 1 saturated carbocycles. The topological polar surface area (TPSA) is 54.0 Å². The van der Waals surface area contributed by atoms with Crippen LogP contribution in [0.4, 0.5) is 5.69 Å². The first-order chi connectivity index (χ1) is 8.54. The minimum Gasteiger partial charge on any atom is -0.386 e. The second-order valence-corrected chi connectivity index (χ2v) is 5.58. The number of carbonyl (C=O) groups excluding carboxylic acids is 1. The standard InChI is InChI=1S/C14H21N3O/c1-14(2)7-4-5-12(14)17-13(18)10-6-8-16-9-11(10)15-3/h6,8-9,12,15H,4-5,7H2,1-3H3,(H,17,18).